The Morgan fingerprint density at radius 3 is 3.06 bits per heavy atom. The summed E-state index contributed by atoms with van der Waals surface area (Å²) in [5.41, 5.74) is 2.02. The Balaban J connectivity index is 2.09. The van der Waals surface area contributed by atoms with Crippen LogP contribution in [0.5, 0.6) is 0 Å². The predicted molar refractivity (Wildman–Crippen MR) is 59.9 cm³/mol. The molecule has 2 rings (SSSR count). The first-order valence-electron chi connectivity index (χ1n) is 5.55. The summed E-state index contributed by atoms with van der Waals surface area (Å²) in [4.78, 5) is 14.8. The van der Waals surface area contributed by atoms with Crippen molar-refractivity contribution in [3.8, 4) is 0 Å². The zero-order chi connectivity index (χ0) is 11.5. The van der Waals surface area contributed by atoms with E-state index in [-0.39, 0.29) is 12.5 Å². The Morgan fingerprint density at radius 2 is 2.44 bits per heavy atom. The lowest BCUT2D eigenvalue weighted by Gasteiger charge is -2.14. The number of carbonyl (C=O) groups excluding carboxylic acids is 1. The van der Waals surface area contributed by atoms with Crippen molar-refractivity contribution in [1.82, 2.24) is 10.3 Å². The monoisotopic (exact) mass is 220 g/mol. The molecule has 4 heteroatoms. The van der Waals surface area contributed by atoms with Crippen LogP contribution in [0.15, 0.2) is 18.5 Å². The molecule has 2 N–H and O–H groups in total. The fourth-order valence-corrected chi connectivity index (χ4v) is 1.81. The van der Waals surface area contributed by atoms with Crippen LogP contribution in [0.1, 0.15) is 42.9 Å². The first-order chi connectivity index (χ1) is 7.68. The molecule has 1 aromatic rings. The fraction of sp³-hybridized carbons (Fsp3) is 0.500. The van der Waals surface area contributed by atoms with Gasteiger partial charge in [-0.3, -0.25) is 9.78 Å². The van der Waals surface area contributed by atoms with E-state index in [4.69, 9.17) is 0 Å². The smallest absolute Gasteiger partial charge is 0.216 e. The maximum Gasteiger partial charge on any atom is 0.216 e. The minimum atomic E-state index is -0.659. The summed E-state index contributed by atoms with van der Waals surface area (Å²) in [5.74, 6) is 0.445. The van der Waals surface area contributed by atoms with Crippen LogP contribution < -0.4 is 5.32 Å². The molecule has 1 unspecified atom stereocenters. The highest BCUT2D eigenvalue weighted by Crippen LogP contribution is 2.42. The van der Waals surface area contributed by atoms with Crippen molar-refractivity contribution in [2.45, 2.75) is 31.8 Å². The Kier molecular flexibility index (Phi) is 3.19. The van der Waals surface area contributed by atoms with Crippen LogP contribution in [0.3, 0.4) is 0 Å². The van der Waals surface area contributed by atoms with E-state index in [1.165, 1.54) is 25.3 Å². The van der Waals surface area contributed by atoms with E-state index in [1.54, 1.807) is 12.4 Å². The molecule has 86 valence electrons. The maximum absolute atomic E-state index is 10.8. The van der Waals surface area contributed by atoms with Crippen molar-refractivity contribution in [3.05, 3.63) is 29.6 Å². The van der Waals surface area contributed by atoms with Gasteiger partial charge in [-0.05, 0) is 30.4 Å². The second-order valence-corrected chi connectivity index (χ2v) is 4.23. The molecule has 1 atom stereocenters. The third-order valence-electron chi connectivity index (χ3n) is 2.81. The molecule has 0 spiro atoms. The number of hydrogen-bond donors (Lipinski definition) is 2. The summed E-state index contributed by atoms with van der Waals surface area (Å²) in [6.45, 7) is 1.69. The Morgan fingerprint density at radius 1 is 1.69 bits per heavy atom. The van der Waals surface area contributed by atoms with Gasteiger partial charge in [0.05, 0.1) is 6.10 Å². The largest absolute Gasteiger partial charge is 0.386 e. The van der Waals surface area contributed by atoms with Gasteiger partial charge in [-0.2, -0.15) is 0 Å². The number of carbonyl (C=O) groups is 1. The Bertz CT molecular complexity index is 388. The lowest BCUT2D eigenvalue weighted by Crippen LogP contribution is -2.26. The zero-order valence-electron chi connectivity index (χ0n) is 9.31. The van der Waals surface area contributed by atoms with Gasteiger partial charge in [0.15, 0.2) is 0 Å². The van der Waals surface area contributed by atoms with Crippen molar-refractivity contribution in [1.29, 1.82) is 0 Å². The molecular weight excluding hydrogens is 204 g/mol. The van der Waals surface area contributed by atoms with Crippen LogP contribution in [0.4, 0.5) is 0 Å². The number of amides is 1. The van der Waals surface area contributed by atoms with E-state index in [0.29, 0.717) is 5.92 Å². The third-order valence-corrected chi connectivity index (χ3v) is 2.81. The molecule has 16 heavy (non-hydrogen) atoms. The van der Waals surface area contributed by atoms with Crippen molar-refractivity contribution < 1.29 is 9.90 Å². The van der Waals surface area contributed by atoms with E-state index in [2.05, 4.69) is 10.3 Å². The summed E-state index contributed by atoms with van der Waals surface area (Å²) in [5, 5.41) is 12.6. The average Bonchev–Trinajstić information content (AvgIpc) is 3.09. The fourth-order valence-electron chi connectivity index (χ4n) is 1.81. The first kappa shape index (κ1) is 11.1. The van der Waals surface area contributed by atoms with Gasteiger partial charge in [0.25, 0.3) is 0 Å². The molecule has 1 saturated carbocycles. The number of pyridine rings is 1. The van der Waals surface area contributed by atoms with E-state index in [0.717, 1.165) is 5.56 Å². The molecule has 1 amide bonds. The number of nitrogens with zero attached hydrogens (tertiary/aromatic N) is 1. The molecule has 1 aliphatic rings. The maximum atomic E-state index is 10.8. The number of nitrogens with one attached hydrogen (secondary N) is 1. The molecule has 0 aromatic carbocycles. The standard InChI is InChI=1S/C12H16N2O2/c1-8(15)14-7-12(16)11-6-13-5-4-10(11)9-2-3-9/h4-6,9,12,16H,2-3,7H2,1H3,(H,14,15). The predicted octanol–water partition coefficient (Wildman–Crippen LogP) is 1.13. The van der Waals surface area contributed by atoms with Crippen molar-refractivity contribution >= 4 is 5.91 Å². The second kappa shape index (κ2) is 4.61. The molecule has 1 aromatic heterocycles. The van der Waals surface area contributed by atoms with Crippen molar-refractivity contribution in [3.63, 3.8) is 0 Å². The molecule has 0 aliphatic heterocycles. The van der Waals surface area contributed by atoms with Crippen LogP contribution in [-0.2, 0) is 4.79 Å². The number of rotatable bonds is 4. The van der Waals surface area contributed by atoms with Crippen LogP contribution in [0.2, 0.25) is 0 Å². The van der Waals surface area contributed by atoms with E-state index >= 15 is 0 Å². The summed E-state index contributed by atoms with van der Waals surface area (Å²) < 4.78 is 0. The normalized spacial score (nSPS) is 16.9. The summed E-state index contributed by atoms with van der Waals surface area (Å²) >= 11 is 0. The summed E-state index contributed by atoms with van der Waals surface area (Å²) in [6, 6.07) is 1.96. The zero-order valence-corrected chi connectivity index (χ0v) is 9.31. The topological polar surface area (TPSA) is 62.2 Å². The van der Waals surface area contributed by atoms with Crippen molar-refractivity contribution in [2.75, 3.05) is 6.54 Å². The number of hydrogen-bond acceptors (Lipinski definition) is 3. The van der Waals surface area contributed by atoms with Crippen LogP contribution in [0, 0.1) is 0 Å². The quantitative estimate of drug-likeness (QED) is 0.799. The van der Waals surface area contributed by atoms with Gasteiger partial charge < -0.3 is 10.4 Å². The molecular formula is C12H16N2O2. The van der Waals surface area contributed by atoms with Gasteiger partial charge >= 0.3 is 0 Å². The molecule has 0 bridgehead atoms. The Labute approximate surface area is 94.7 Å². The summed E-state index contributed by atoms with van der Waals surface area (Å²) in [6.07, 6.45) is 5.16. The third kappa shape index (κ3) is 2.58. The van der Waals surface area contributed by atoms with Crippen LogP contribution >= 0.6 is 0 Å². The van der Waals surface area contributed by atoms with E-state index in [1.807, 2.05) is 6.07 Å². The van der Waals surface area contributed by atoms with Gasteiger partial charge in [0.1, 0.15) is 0 Å². The first-order valence-corrected chi connectivity index (χ1v) is 5.55. The molecule has 0 saturated heterocycles. The SMILES string of the molecule is CC(=O)NCC(O)c1cnccc1C1CC1. The number of aromatic nitrogens is 1. The van der Waals surface area contributed by atoms with Crippen molar-refractivity contribution in [2.24, 2.45) is 0 Å². The minimum absolute atomic E-state index is 0.129. The molecule has 0 radical (unpaired) electrons. The van der Waals surface area contributed by atoms with E-state index < -0.39 is 6.10 Å². The highest BCUT2D eigenvalue weighted by molar-refractivity contribution is 5.72. The van der Waals surface area contributed by atoms with Gasteiger partial charge in [0, 0.05) is 31.4 Å². The molecule has 4 nitrogen and oxygen atoms in total. The minimum Gasteiger partial charge on any atom is -0.386 e. The number of aliphatic hydroxyl groups is 1. The molecule has 1 heterocycles. The lowest BCUT2D eigenvalue weighted by atomic mass is 10.0. The van der Waals surface area contributed by atoms with Crippen LogP contribution in [-0.4, -0.2) is 22.5 Å². The molecule has 1 fully saturated rings. The molecule has 1 aliphatic carbocycles. The Hall–Kier alpha value is -1.42. The highest BCUT2D eigenvalue weighted by atomic mass is 16.3. The van der Waals surface area contributed by atoms with Gasteiger partial charge in [-0.15, -0.1) is 0 Å². The lowest BCUT2D eigenvalue weighted by molar-refractivity contribution is -0.119. The van der Waals surface area contributed by atoms with E-state index in [9.17, 15) is 9.90 Å². The highest BCUT2D eigenvalue weighted by Gasteiger charge is 2.27. The second-order valence-electron chi connectivity index (χ2n) is 4.23. The number of aliphatic hydroxyl groups excluding tert-OH is 1. The van der Waals surface area contributed by atoms with Crippen LogP contribution in [0.25, 0.3) is 0 Å². The van der Waals surface area contributed by atoms with Gasteiger partial charge in [0.2, 0.25) is 5.91 Å². The van der Waals surface area contributed by atoms with Gasteiger partial charge in [-0.25, -0.2) is 0 Å². The average molecular weight is 220 g/mol. The summed E-state index contributed by atoms with van der Waals surface area (Å²) in [7, 11) is 0. The van der Waals surface area contributed by atoms with Gasteiger partial charge in [-0.1, -0.05) is 0 Å².